The van der Waals surface area contributed by atoms with Crippen molar-refractivity contribution in [2.24, 2.45) is 7.05 Å². The molecule has 0 bridgehead atoms. The largest absolute Gasteiger partial charge is 0.337 e. The van der Waals surface area contributed by atoms with E-state index in [0.29, 0.717) is 0 Å². The average molecular weight is 324 g/mol. The van der Waals surface area contributed by atoms with Crippen LogP contribution in [0.2, 0.25) is 0 Å². The van der Waals surface area contributed by atoms with E-state index in [1.165, 1.54) is 0 Å². The van der Waals surface area contributed by atoms with Crippen molar-refractivity contribution in [1.29, 1.82) is 0 Å². The lowest BCUT2D eigenvalue weighted by Crippen LogP contribution is -2.16. The molecular formula is C13H18BrN5. The van der Waals surface area contributed by atoms with Crippen LogP contribution in [0.5, 0.6) is 0 Å². The standard InChI is InChI=1S/C13H18BrN5/c1-8-9(7-19(5)18-8)15-11-6-10(14)16-12(17-11)13(2,3)4/h6-7H,1-5H3,(H,15,16,17). The van der Waals surface area contributed by atoms with Gasteiger partial charge in [0, 0.05) is 24.7 Å². The Bertz CT molecular complexity index is 598. The summed E-state index contributed by atoms with van der Waals surface area (Å²) in [5.41, 5.74) is 1.80. The van der Waals surface area contributed by atoms with E-state index in [2.05, 4.69) is 57.1 Å². The van der Waals surface area contributed by atoms with Crippen LogP contribution < -0.4 is 5.32 Å². The van der Waals surface area contributed by atoms with Crippen LogP contribution in [0.1, 0.15) is 32.3 Å². The topological polar surface area (TPSA) is 55.6 Å². The van der Waals surface area contributed by atoms with Crippen molar-refractivity contribution in [2.75, 3.05) is 5.32 Å². The number of nitrogens with zero attached hydrogens (tertiary/aromatic N) is 4. The molecule has 5 nitrogen and oxygen atoms in total. The zero-order valence-electron chi connectivity index (χ0n) is 11.8. The van der Waals surface area contributed by atoms with E-state index in [9.17, 15) is 0 Å². The molecule has 0 atom stereocenters. The molecule has 2 aromatic rings. The first-order valence-corrected chi connectivity index (χ1v) is 6.87. The van der Waals surface area contributed by atoms with Crippen molar-refractivity contribution in [3.05, 3.63) is 28.4 Å². The van der Waals surface area contributed by atoms with Gasteiger partial charge in [0.05, 0.1) is 11.4 Å². The molecule has 0 spiro atoms. The molecule has 2 rings (SSSR count). The second-order valence-corrected chi connectivity index (χ2v) is 6.39. The van der Waals surface area contributed by atoms with E-state index in [0.717, 1.165) is 27.6 Å². The van der Waals surface area contributed by atoms with Gasteiger partial charge in [0.25, 0.3) is 0 Å². The maximum atomic E-state index is 4.56. The van der Waals surface area contributed by atoms with Gasteiger partial charge < -0.3 is 5.32 Å². The summed E-state index contributed by atoms with van der Waals surface area (Å²) < 4.78 is 2.55. The highest BCUT2D eigenvalue weighted by Crippen LogP contribution is 2.25. The lowest BCUT2D eigenvalue weighted by Gasteiger charge is -2.17. The maximum absolute atomic E-state index is 4.56. The fourth-order valence-corrected chi connectivity index (χ4v) is 2.06. The Balaban J connectivity index is 2.35. The van der Waals surface area contributed by atoms with E-state index in [1.807, 2.05) is 26.2 Å². The van der Waals surface area contributed by atoms with Crippen LogP contribution in [-0.2, 0) is 12.5 Å². The predicted molar refractivity (Wildman–Crippen MR) is 79.7 cm³/mol. The number of hydrogen-bond acceptors (Lipinski definition) is 4. The average Bonchev–Trinajstić information content (AvgIpc) is 2.55. The highest BCUT2D eigenvalue weighted by molar-refractivity contribution is 9.10. The first kappa shape index (κ1) is 14.0. The van der Waals surface area contributed by atoms with Crippen LogP contribution in [0.15, 0.2) is 16.9 Å². The molecule has 1 N–H and O–H groups in total. The first-order valence-electron chi connectivity index (χ1n) is 6.08. The van der Waals surface area contributed by atoms with E-state index in [1.54, 1.807) is 4.68 Å². The number of nitrogens with one attached hydrogen (secondary N) is 1. The van der Waals surface area contributed by atoms with E-state index in [-0.39, 0.29) is 5.41 Å². The third kappa shape index (κ3) is 3.32. The summed E-state index contributed by atoms with van der Waals surface area (Å²) in [5.74, 6) is 1.56. The van der Waals surface area contributed by atoms with Crippen molar-refractivity contribution >= 4 is 27.4 Å². The molecule has 0 fully saturated rings. The van der Waals surface area contributed by atoms with E-state index >= 15 is 0 Å². The molecule has 0 aliphatic carbocycles. The van der Waals surface area contributed by atoms with Crippen molar-refractivity contribution in [3.8, 4) is 0 Å². The monoisotopic (exact) mass is 323 g/mol. The second kappa shape index (κ2) is 4.92. The quantitative estimate of drug-likeness (QED) is 0.861. The minimum atomic E-state index is -0.0931. The molecule has 0 saturated carbocycles. The van der Waals surface area contributed by atoms with E-state index < -0.39 is 0 Å². The Morgan fingerprint density at radius 3 is 2.47 bits per heavy atom. The summed E-state index contributed by atoms with van der Waals surface area (Å²) in [6.45, 7) is 8.23. The molecular weight excluding hydrogens is 306 g/mol. The Morgan fingerprint density at radius 1 is 1.26 bits per heavy atom. The molecule has 6 heteroatoms. The Labute approximate surface area is 121 Å². The molecule has 0 aromatic carbocycles. The fraction of sp³-hybridized carbons (Fsp3) is 0.462. The number of anilines is 2. The van der Waals surface area contributed by atoms with Gasteiger partial charge in [-0.1, -0.05) is 20.8 Å². The summed E-state index contributed by atoms with van der Waals surface area (Å²) in [5, 5.41) is 7.58. The van der Waals surface area contributed by atoms with Crippen LogP contribution >= 0.6 is 15.9 Å². The van der Waals surface area contributed by atoms with Gasteiger partial charge in [-0.3, -0.25) is 4.68 Å². The normalized spacial score (nSPS) is 11.7. The molecule has 0 amide bonds. The number of hydrogen-bond donors (Lipinski definition) is 1. The highest BCUT2D eigenvalue weighted by Gasteiger charge is 2.19. The van der Waals surface area contributed by atoms with Gasteiger partial charge in [0.2, 0.25) is 0 Å². The molecule has 0 unspecified atom stereocenters. The molecule has 0 aliphatic heterocycles. The van der Waals surface area contributed by atoms with Gasteiger partial charge in [0.15, 0.2) is 0 Å². The summed E-state index contributed by atoms with van der Waals surface area (Å²) in [4.78, 5) is 8.98. The van der Waals surface area contributed by atoms with Crippen LogP contribution in [0.3, 0.4) is 0 Å². The van der Waals surface area contributed by atoms with Gasteiger partial charge in [0.1, 0.15) is 16.2 Å². The molecule has 102 valence electrons. The summed E-state index contributed by atoms with van der Waals surface area (Å²) in [6.07, 6.45) is 1.93. The fourth-order valence-electron chi connectivity index (χ4n) is 1.68. The molecule has 0 aliphatic rings. The maximum Gasteiger partial charge on any atom is 0.137 e. The van der Waals surface area contributed by atoms with E-state index in [4.69, 9.17) is 0 Å². The molecule has 19 heavy (non-hydrogen) atoms. The van der Waals surface area contributed by atoms with Gasteiger partial charge in [-0.05, 0) is 22.9 Å². The van der Waals surface area contributed by atoms with Crippen molar-refractivity contribution in [1.82, 2.24) is 19.7 Å². The third-order valence-corrected chi connectivity index (χ3v) is 3.05. The number of halogens is 1. The van der Waals surface area contributed by atoms with Gasteiger partial charge in [-0.15, -0.1) is 0 Å². The Hall–Kier alpha value is -1.43. The minimum Gasteiger partial charge on any atom is -0.337 e. The Kier molecular flexibility index (Phi) is 3.62. The van der Waals surface area contributed by atoms with Crippen LogP contribution in [0, 0.1) is 6.92 Å². The molecule has 2 heterocycles. The van der Waals surface area contributed by atoms with Crippen molar-refractivity contribution in [3.63, 3.8) is 0 Å². The number of aromatic nitrogens is 4. The number of aryl methyl sites for hydroxylation is 2. The zero-order chi connectivity index (χ0) is 14.2. The van der Waals surface area contributed by atoms with Crippen LogP contribution in [0.4, 0.5) is 11.5 Å². The molecule has 0 saturated heterocycles. The van der Waals surface area contributed by atoms with Gasteiger partial charge in [-0.25, -0.2) is 9.97 Å². The highest BCUT2D eigenvalue weighted by atomic mass is 79.9. The smallest absolute Gasteiger partial charge is 0.137 e. The van der Waals surface area contributed by atoms with Gasteiger partial charge in [-0.2, -0.15) is 5.10 Å². The third-order valence-electron chi connectivity index (χ3n) is 2.64. The molecule has 2 aromatic heterocycles. The van der Waals surface area contributed by atoms with Crippen molar-refractivity contribution < 1.29 is 0 Å². The van der Waals surface area contributed by atoms with Crippen LogP contribution in [-0.4, -0.2) is 19.7 Å². The second-order valence-electron chi connectivity index (χ2n) is 5.58. The SMILES string of the molecule is Cc1nn(C)cc1Nc1cc(Br)nc(C(C)(C)C)n1. The van der Waals surface area contributed by atoms with Gasteiger partial charge >= 0.3 is 0 Å². The minimum absolute atomic E-state index is 0.0931. The summed E-state index contributed by atoms with van der Waals surface area (Å²) in [6, 6.07) is 1.86. The van der Waals surface area contributed by atoms with Crippen molar-refractivity contribution in [2.45, 2.75) is 33.1 Å². The summed E-state index contributed by atoms with van der Waals surface area (Å²) >= 11 is 3.43. The lowest BCUT2D eigenvalue weighted by molar-refractivity contribution is 0.544. The lowest BCUT2D eigenvalue weighted by atomic mass is 9.96. The summed E-state index contributed by atoms with van der Waals surface area (Å²) in [7, 11) is 1.90. The van der Waals surface area contributed by atoms with Crippen LogP contribution in [0.25, 0.3) is 0 Å². The predicted octanol–water partition coefficient (Wildman–Crippen LogP) is 3.32. The zero-order valence-corrected chi connectivity index (χ0v) is 13.4. The first-order chi connectivity index (χ1) is 8.75. The molecule has 0 radical (unpaired) electrons. The number of rotatable bonds is 2. The Morgan fingerprint density at radius 2 is 1.95 bits per heavy atom.